The zero-order valence-corrected chi connectivity index (χ0v) is 13.6. The summed E-state index contributed by atoms with van der Waals surface area (Å²) in [6.07, 6.45) is 0.640. The first-order valence-electron chi connectivity index (χ1n) is 7.29. The Kier molecular flexibility index (Phi) is 7.05. The van der Waals surface area contributed by atoms with E-state index in [1.54, 1.807) is 38.4 Å². The third-order valence-electron chi connectivity index (χ3n) is 3.07. The van der Waals surface area contributed by atoms with E-state index >= 15 is 0 Å². The lowest BCUT2D eigenvalue weighted by molar-refractivity contribution is -0.137. The Morgan fingerprint density at radius 3 is 2.39 bits per heavy atom. The number of carboxylic acids is 1. The van der Waals surface area contributed by atoms with E-state index in [0.717, 1.165) is 0 Å². The van der Waals surface area contributed by atoms with E-state index in [9.17, 15) is 14.4 Å². The summed E-state index contributed by atoms with van der Waals surface area (Å²) >= 11 is 0. The SMILES string of the molecule is CCCN(CC(=O)O)C(=O)c1ccccc1OCC(=O)N(C)C. The van der Waals surface area contributed by atoms with Gasteiger partial charge in [-0.1, -0.05) is 19.1 Å². The summed E-state index contributed by atoms with van der Waals surface area (Å²) in [6, 6.07) is 6.50. The van der Waals surface area contributed by atoms with E-state index in [1.807, 2.05) is 6.92 Å². The minimum Gasteiger partial charge on any atom is -0.483 e. The minimum atomic E-state index is -1.08. The first-order valence-corrected chi connectivity index (χ1v) is 7.29. The maximum absolute atomic E-state index is 12.6. The van der Waals surface area contributed by atoms with Gasteiger partial charge in [-0.3, -0.25) is 14.4 Å². The van der Waals surface area contributed by atoms with Crippen LogP contribution in [0.4, 0.5) is 0 Å². The molecule has 1 aromatic rings. The highest BCUT2D eigenvalue weighted by molar-refractivity contribution is 5.98. The second-order valence-corrected chi connectivity index (χ2v) is 5.19. The van der Waals surface area contributed by atoms with Crippen molar-refractivity contribution < 1.29 is 24.2 Å². The van der Waals surface area contributed by atoms with Gasteiger partial charge in [0.25, 0.3) is 11.8 Å². The van der Waals surface area contributed by atoms with Gasteiger partial charge in [0.05, 0.1) is 5.56 Å². The summed E-state index contributed by atoms with van der Waals surface area (Å²) in [5.41, 5.74) is 0.244. The fraction of sp³-hybridized carbons (Fsp3) is 0.438. The molecule has 0 unspecified atom stereocenters. The van der Waals surface area contributed by atoms with Gasteiger partial charge in [-0.2, -0.15) is 0 Å². The van der Waals surface area contributed by atoms with Crippen molar-refractivity contribution in [3.63, 3.8) is 0 Å². The molecule has 0 aliphatic rings. The molecule has 0 heterocycles. The van der Waals surface area contributed by atoms with Crippen molar-refractivity contribution in [3.05, 3.63) is 29.8 Å². The predicted molar refractivity (Wildman–Crippen MR) is 84.5 cm³/mol. The number of carboxylic acid groups (broad SMARTS) is 1. The molecule has 0 saturated heterocycles. The van der Waals surface area contributed by atoms with Crippen LogP contribution in [0.1, 0.15) is 23.7 Å². The Bertz CT molecular complexity index is 571. The van der Waals surface area contributed by atoms with Gasteiger partial charge in [-0.05, 0) is 18.6 Å². The molecule has 0 aliphatic carbocycles. The molecule has 2 amide bonds. The summed E-state index contributed by atoms with van der Waals surface area (Å²) in [4.78, 5) is 37.7. The molecule has 0 aromatic heterocycles. The van der Waals surface area contributed by atoms with Crippen LogP contribution in [0.15, 0.2) is 24.3 Å². The fourth-order valence-electron chi connectivity index (χ4n) is 1.89. The van der Waals surface area contributed by atoms with Crippen LogP contribution in [0, 0.1) is 0 Å². The lowest BCUT2D eigenvalue weighted by Crippen LogP contribution is -2.36. The number of benzene rings is 1. The standard InChI is InChI=1S/C16H22N2O5/c1-4-9-18(10-15(20)21)16(22)12-7-5-6-8-13(12)23-11-14(19)17(2)3/h5-8H,4,9-11H2,1-3H3,(H,20,21). The van der Waals surface area contributed by atoms with Gasteiger partial charge >= 0.3 is 5.97 Å². The van der Waals surface area contributed by atoms with E-state index in [0.29, 0.717) is 13.0 Å². The molecular weight excluding hydrogens is 300 g/mol. The molecule has 0 aliphatic heterocycles. The number of nitrogens with zero attached hydrogens (tertiary/aromatic N) is 2. The number of rotatable bonds is 8. The van der Waals surface area contributed by atoms with Crippen molar-refractivity contribution in [1.29, 1.82) is 0 Å². The molecule has 126 valence electrons. The van der Waals surface area contributed by atoms with E-state index < -0.39 is 11.9 Å². The normalized spacial score (nSPS) is 10.0. The highest BCUT2D eigenvalue weighted by atomic mass is 16.5. The molecule has 0 atom stereocenters. The molecule has 0 saturated carbocycles. The molecule has 0 bridgehead atoms. The van der Waals surface area contributed by atoms with E-state index in [1.165, 1.54) is 9.80 Å². The Morgan fingerprint density at radius 1 is 1.17 bits per heavy atom. The van der Waals surface area contributed by atoms with Crippen LogP contribution in [-0.4, -0.2) is 66.5 Å². The highest BCUT2D eigenvalue weighted by Crippen LogP contribution is 2.20. The number of likely N-dealkylation sites (N-methyl/N-ethyl adjacent to an activating group) is 1. The Balaban J connectivity index is 2.95. The summed E-state index contributed by atoms with van der Waals surface area (Å²) in [7, 11) is 3.22. The molecule has 0 fully saturated rings. The number of para-hydroxylation sites is 1. The Hall–Kier alpha value is -2.57. The maximum Gasteiger partial charge on any atom is 0.323 e. The predicted octanol–water partition coefficient (Wildman–Crippen LogP) is 1.09. The van der Waals surface area contributed by atoms with Gasteiger partial charge in [0.2, 0.25) is 0 Å². The largest absolute Gasteiger partial charge is 0.483 e. The second kappa shape index (κ2) is 8.77. The van der Waals surface area contributed by atoms with Crippen molar-refractivity contribution in [1.82, 2.24) is 9.80 Å². The van der Waals surface area contributed by atoms with Gasteiger partial charge < -0.3 is 19.6 Å². The molecule has 1 rings (SSSR count). The molecule has 1 aromatic carbocycles. The minimum absolute atomic E-state index is 0.190. The van der Waals surface area contributed by atoms with Crippen molar-refractivity contribution >= 4 is 17.8 Å². The van der Waals surface area contributed by atoms with Gasteiger partial charge in [-0.25, -0.2) is 0 Å². The van der Waals surface area contributed by atoms with Crippen LogP contribution < -0.4 is 4.74 Å². The van der Waals surface area contributed by atoms with Crippen molar-refractivity contribution in [2.24, 2.45) is 0 Å². The number of carbonyl (C=O) groups is 3. The Morgan fingerprint density at radius 2 is 1.83 bits per heavy atom. The van der Waals surface area contributed by atoms with Crippen LogP contribution >= 0.6 is 0 Å². The van der Waals surface area contributed by atoms with Crippen molar-refractivity contribution in [2.45, 2.75) is 13.3 Å². The second-order valence-electron chi connectivity index (χ2n) is 5.19. The first-order chi connectivity index (χ1) is 10.9. The van der Waals surface area contributed by atoms with Crippen LogP contribution in [0.3, 0.4) is 0 Å². The average Bonchev–Trinajstić information content (AvgIpc) is 2.51. The molecule has 23 heavy (non-hydrogen) atoms. The van der Waals surface area contributed by atoms with Crippen molar-refractivity contribution in [3.8, 4) is 5.75 Å². The molecular formula is C16H22N2O5. The summed E-state index contributed by atoms with van der Waals surface area (Å²) in [6.45, 7) is 1.62. The number of hydrogen-bond acceptors (Lipinski definition) is 4. The maximum atomic E-state index is 12.6. The van der Waals surface area contributed by atoms with Crippen molar-refractivity contribution in [2.75, 3.05) is 33.8 Å². The van der Waals surface area contributed by atoms with Crippen LogP contribution in [0.25, 0.3) is 0 Å². The number of amides is 2. The first kappa shape index (κ1) is 18.5. The van der Waals surface area contributed by atoms with Gasteiger partial charge in [-0.15, -0.1) is 0 Å². The van der Waals surface area contributed by atoms with Crippen LogP contribution in [-0.2, 0) is 9.59 Å². The summed E-state index contributed by atoms with van der Waals surface area (Å²) < 4.78 is 5.43. The summed E-state index contributed by atoms with van der Waals surface area (Å²) in [5, 5.41) is 8.94. The van der Waals surface area contributed by atoms with Crippen LogP contribution in [0.5, 0.6) is 5.75 Å². The highest BCUT2D eigenvalue weighted by Gasteiger charge is 2.21. The zero-order chi connectivity index (χ0) is 17.4. The third kappa shape index (κ3) is 5.61. The number of ether oxygens (including phenoxy) is 1. The van der Waals surface area contributed by atoms with Crippen LogP contribution in [0.2, 0.25) is 0 Å². The monoisotopic (exact) mass is 322 g/mol. The lowest BCUT2D eigenvalue weighted by atomic mass is 10.1. The topological polar surface area (TPSA) is 87.1 Å². The number of carbonyl (C=O) groups excluding carboxylic acids is 2. The average molecular weight is 322 g/mol. The third-order valence-corrected chi connectivity index (χ3v) is 3.07. The molecule has 0 spiro atoms. The molecule has 1 N–H and O–H groups in total. The lowest BCUT2D eigenvalue weighted by Gasteiger charge is -2.21. The quantitative estimate of drug-likeness (QED) is 0.774. The van der Waals surface area contributed by atoms with Gasteiger partial charge in [0.1, 0.15) is 12.3 Å². The Labute approximate surface area is 135 Å². The van der Waals surface area contributed by atoms with E-state index in [4.69, 9.17) is 9.84 Å². The number of hydrogen-bond donors (Lipinski definition) is 1. The molecule has 7 heteroatoms. The van der Waals surface area contributed by atoms with E-state index in [-0.39, 0.29) is 30.4 Å². The van der Waals surface area contributed by atoms with E-state index in [2.05, 4.69) is 0 Å². The van der Waals surface area contributed by atoms with Gasteiger partial charge in [0.15, 0.2) is 6.61 Å². The molecule has 0 radical (unpaired) electrons. The zero-order valence-electron chi connectivity index (χ0n) is 13.6. The fourth-order valence-corrected chi connectivity index (χ4v) is 1.89. The van der Waals surface area contributed by atoms with Gasteiger partial charge in [0, 0.05) is 20.6 Å². The number of aliphatic carboxylic acids is 1. The summed E-state index contributed by atoms with van der Waals surface area (Å²) in [5.74, 6) is -1.47. The smallest absolute Gasteiger partial charge is 0.323 e. The molecule has 7 nitrogen and oxygen atoms in total.